The maximum atomic E-state index is 13.7. The van der Waals surface area contributed by atoms with E-state index in [0.29, 0.717) is 33.1 Å². The van der Waals surface area contributed by atoms with Gasteiger partial charge in [-0.25, -0.2) is 4.79 Å². The van der Waals surface area contributed by atoms with Crippen molar-refractivity contribution >= 4 is 23.9 Å². The molecule has 4 unspecified atom stereocenters. The number of rotatable bonds is 10. The third-order valence-corrected chi connectivity index (χ3v) is 10.4. The van der Waals surface area contributed by atoms with Crippen LogP contribution in [0.15, 0.2) is 0 Å². The first-order chi connectivity index (χ1) is 23.3. The molecule has 4 aliphatic carbocycles. The van der Waals surface area contributed by atoms with Crippen LogP contribution in [-0.2, 0) is 38.1 Å². The third kappa shape index (κ3) is 8.97. The molecule has 0 saturated heterocycles. The van der Waals surface area contributed by atoms with Gasteiger partial charge in [-0.1, -0.05) is 13.8 Å². The maximum absolute atomic E-state index is 13.7. The zero-order chi connectivity index (χ0) is 41.9. The summed E-state index contributed by atoms with van der Waals surface area (Å²) < 4.78 is 163. The molecule has 4 atom stereocenters. The highest BCUT2D eigenvalue weighted by Gasteiger charge is 2.79. The predicted molar refractivity (Wildman–Crippen MR) is 160 cm³/mol. The van der Waals surface area contributed by atoms with Crippen LogP contribution in [0, 0.1) is 16.7 Å². The second-order valence-electron chi connectivity index (χ2n) is 16.1. The number of ether oxygens (including phenoxy) is 4. The molecule has 308 valence electrons. The van der Waals surface area contributed by atoms with Gasteiger partial charge in [0.2, 0.25) is 0 Å². The minimum atomic E-state index is -6.12. The van der Waals surface area contributed by atoms with Gasteiger partial charge in [0.05, 0.1) is 10.8 Å². The first-order valence-electron chi connectivity index (χ1n) is 16.5. The van der Waals surface area contributed by atoms with E-state index in [1.54, 1.807) is 20.8 Å². The number of hydrogen-bond acceptors (Lipinski definition) is 9. The summed E-state index contributed by atoms with van der Waals surface area (Å²) in [5, 5.41) is 9.27. The van der Waals surface area contributed by atoms with E-state index in [2.05, 4.69) is 4.74 Å². The molecule has 9 nitrogen and oxygen atoms in total. The molecule has 0 amide bonds. The van der Waals surface area contributed by atoms with Crippen LogP contribution < -0.4 is 0 Å². The van der Waals surface area contributed by atoms with E-state index in [1.165, 1.54) is 20.8 Å². The van der Waals surface area contributed by atoms with Crippen LogP contribution in [0.4, 0.5) is 48.3 Å². The summed E-state index contributed by atoms with van der Waals surface area (Å²) in [5.74, 6) is -11.3. The van der Waals surface area contributed by atoms with E-state index in [9.17, 15) is 72.6 Å². The number of alkyl halides is 11. The fourth-order valence-electron chi connectivity index (χ4n) is 7.11. The lowest BCUT2D eigenvalue weighted by atomic mass is 9.50. The van der Waals surface area contributed by atoms with Gasteiger partial charge < -0.3 is 24.1 Å². The Morgan fingerprint density at radius 1 is 0.585 bits per heavy atom. The fourth-order valence-corrected chi connectivity index (χ4v) is 7.11. The second kappa shape index (κ2) is 14.0. The van der Waals surface area contributed by atoms with Crippen LogP contribution >= 0.6 is 0 Å². The monoisotopic (exact) mass is 794 g/mol. The first-order valence-corrected chi connectivity index (χ1v) is 16.5. The van der Waals surface area contributed by atoms with Crippen LogP contribution in [0.3, 0.4) is 0 Å². The Bertz CT molecular complexity index is 1400. The molecule has 4 rings (SSSR count). The van der Waals surface area contributed by atoms with E-state index in [4.69, 9.17) is 14.2 Å². The van der Waals surface area contributed by atoms with Crippen molar-refractivity contribution in [2.24, 2.45) is 16.7 Å². The molecule has 1 N–H and O–H groups in total. The van der Waals surface area contributed by atoms with Crippen molar-refractivity contribution in [3.63, 3.8) is 0 Å². The Balaban J connectivity index is 0.000000404. The largest absolute Gasteiger partial charge is 0.465 e. The van der Waals surface area contributed by atoms with E-state index < -0.39 is 87.2 Å². The number of halogens is 11. The van der Waals surface area contributed by atoms with Gasteiger partial charge in [-0.05, 0) is 79.6 Å². The number of carbonyl (C=O) groups is 4. The van der Waals surface area contributed by atoms with Crippen molar-refractivity contribution < 1.29 is 91.5 Å². The molecule has 4 saturated carbocycles. The maximum Gasteiger partial charge on any atom is 0.465 e. The van der Waals surface area contributed by atoms with E-state index >= 15 is 0 Å². The van der Waals surface area contributed by atoms with Crippen LogP contribution in [0.25, 0.3) is 0 Å². The van der Waals surface area contributed by atoms with Crippen molar-refractivity contribution in [1.29, 1.82) is 0 Å². The minimum Gasteiger partial charge on any atom is -0.459 e. The van der Waals surface area contributed by atoms with Gasteiger partial charge in [-0.2, -0.15) is 48.3 Å². The fraction of sp³-hybridized carbons (Fsp3) is 0.879. The molecule has 0 aromatic rings. The molecule has 4 aliphatic rings. The van der Waals surface area contributed by atoms with Crippen LogP contribution in [0.2, 0.25) is 0 Å². The highest BCUT2D eigenvalue weighted by Crippen LogP contribution is 2.64. The molecule has 53 heavy (non-hydrogen) atoms. The molecule has 20 heteroatoms. The lowest BCUT2D eigenvalue weighted by Crippen LogP contribution is -2.70. The molecule has 0 spiro atoms. The summed E-state index contributed by atoms with van der Waals surface area (Å²) in [6.45, 7) is 11.1. The summed E-state index contributed by atoms with van der Waals surface area (Å²) in [4.78, 5) is 48.3. The van der Waals surface area contributed by atoms with Gasteiger partial charge in [0.15, 0.2) is 5.60 Å². The molecule has 4 bridgehead atoms. The van der Waals surface area contributed by atoms with Gasteiger partial charge in [0.1, 0.15) is 16.8 Å². The number of carbonyl (C=O) groups excluding carboxylic acids is 4. The van der Waals surface area contributed by atoms with E-state index in [0.717, 1.165) is 6.92 Å². The third-order valence-electron chi connectivity index (χ3n) is 10.4. The van der Waals surface area contributed by atoms with Crippen molar-refractivity contribution in [3.8, 4) is 0 Å². The lowest BCUT2D eigenvalue weighted by molar-refractivity contribution is -0.408. The van der Waals surface area contributed by atoms with Gasteiger partial charge >= 0.3 is 48.3 Å². The Morgan fingerprint density at radius 2 is 0.925 bits per heavy atom. The number of esters is 4. The van der Waals surface area contributed by atoms with Gasteiger partial charge in [-0.3, -0.25) is 14.4 Å². The Hall–Kier alpha value is -2.93. The van der Waals surface area contributed by atoms with Gasteiger partial charge in [-0.15, -0.1) is 0 Å². The van der Waals surface area contributed by atoms with Gasteiger partial charge in [0, 0.05) is 26.2 Å². The topological polar surface area (TPSA) is 125 Å². The predicted octanol–water partition coefficient (Wildman–Crippen LogP) is 8.08. The Morgan fingerprint density at radius 3 is 1.25 bits per heavy atom. The Labute approximate surface area is 298 Å². The molecule has 4 fully saturated rings. The standard InChI is InChI=1S/C21H27F5O6.C12H18F6O3/c1-5-16(3,4)14(28)31-18-7-13-6-17(9-18,30-12(2)27)10-19(8-13,11-18)32-15(29)20(22,23)21(24,25)26;1-6-8(2,3)7(19)21-9(4,5)10(20,11(13,14)15)12(16,17)18/h13H,5-11H2,1-4H3;20H,6H2,1-5H3. The molecular formula is C33H45F11O9. The van der Waals surface area contributed by atoms with Crippen LogP contribution in [-0.4, -0.2) is 81.4 Å². The molecular weight excluding hydrogens is 749 g/mol. The summed E-state index contributed by atoms with van der Waals surface area (Å²) in [5.41, 5.74) is -14.9. The van der Waals surface area contributed by atoms with Crippen LogP contribution in [0.5, 0.6) is 0 Å². The quantitative estimate of drug-likeness (QED) is 0.133. The van der Waals surface area contributed by atoms with Crippen molar-refractivity contribution in [2.45, 2.75) is 166 Å². The average Bonchev–Trinajstić information content (AvgIpc) is 2.92. The number of aliphatic hydroxyl groups is 1. The molecule has 0 heterocycles. The first kappa shape index (κ1) is 46.2. The van der Waals surface area contributed by atoms with Gasteiger partial charge in [0.25, 0.3) is 5.60 Å². The SMILES string of the molecule is CCC(C)(C)C(=O)OC(C)(C)C(O)(C(F)(F)F)C(F)(F)F.CCC(C)(C)C(=O)OC12CC3CC(OC(C)=O)(C1)CC(OC(=O)C(F)(F)C(F)(F)F)(C3)C2. The zero-order valence-electron chi connectivity index (χ0n) is 30.6. The zero-order valence-corrected chi connectivity index (χ0v) is 30.6. The highest BCUT2D eigenvalue weighted by atomic mass is 19.4. The number of hydrogen-bond donors (Lipinski definition) is 1. The summed E-state index contributed by atoms with van der Waals surface area (Å²) in [6.07, 6.45) is -17.4. The van der Waals surface area contributed by atoms with Crippen molar-refractivity contribution in [1.82, 2.24) is 0 Å². The molecule has 0 aromatic carbocycles. The molecule has 0 radical (unpaired) electrons. The highest BCUT2D eigenvalue weighted by molar-refractivity contribution is 5.79. The summed E-state index contributed by atoms with van der Waals surface area (Å²) in [7, 11) is 0. The van der Waals surface area contributed by atoms with E-state index in [-0.39, 0.29) is 38.0 Å². The summed E-state index contributed by atoms with van der Waals surface area (Å²) in [6, 6.07) is 0. The van der Waals surface area contributed by atoms with Crippen molar-refractivity contribution in [2.75, 3.05) is 0 Å². The van der Waals surface area contributed by atoms with E-state index in [1.807, 2.05) is 0 Å². The smallest absolute Gasteiger partial charge is 0.459 e. The summed E-state index contributed by atoms with van der Waals surface area (Å²) >= 11 is 0. The van der Waals surface area contributed by atoms with Crippen molar-refractivity contribution in [3.05, 3.63) is 0 Å². The lowest BCUT2D eigenvalue weighted by Gasteiger charge is -2.64. The molecule has 0 aliphatic heterocycles. The molecule has 0 aromatic heterocycles. The normalized spacial score (nSPS) is 26.6. The Kier molecular flexibility index (Phi) is 12.2. The average molecular weight is 795 g/mol. The van der Waals surface area contributed by atoms with Crippen LogP contribution in [0.1, 0.15) is 114 Å². The minimum absolute atomic E-state index is 0.0200. The second-order valence-corrected chi connectivity index (χ2v) is 16.1.